The van der Waals surface area contributed by atoms with E-state index in [-0.39, 0.29) is 12.1 Å². The van der Waals surface area contributed by atoms with Gasteiger partial charge in [0.1, 0.15) is 5.71 Å². The van der Waals surface area contributed by atoms with E-state index in [0.717, 1.165) is 10.2 Å². The molecule has 110 valence electrons. The summed E-state index contributed by atoms with van der Waals surface area (Å²) in [5.74, 6) is -2.95. The normalized spacial score (nSPS) is 17.8. The highest BCUT2D eigenvalue weighted by molar-refractivity contribution is 7.22. The highest BCUT2D eigenvalue weighted by Gasteiger charge is 2.44. The van der Waals surface area contributed by atoms with Crippen molar-refractivity contribution in [2.45, 2.75) is 12.3 Å². The van der Waals surface area contributed by atoms with Crippen LogP contribution in [0.2, 0.25) is 0 Å². The van der Waals surface area contributed by atoms with Crippen LogP contribution in [0.4, 0.5) is 13.9 Å². The number of hydrogen-bond donors (Lipinski definition) is 1. The monoisotopic (exact) mass is 315 g/mol. The van der Waals surface area contributed by atoms with Crippen molar-refractivity contribution in [3.05, 3.63) is 59.7 Å². The van der Waals surface area contributed by atoms with Crippen molar-refractivity contribution in [2.75, 3.05) is 5.43 Å². The molecule has 0 bridgehead atoms. The van der Waals surface area contributed by atoms with Gasteiger partial charge in [0.2, 0.25) is 5.13 Å². The number of benzene rings is 2. The second-order valence-corrected chi connectivity index (χ2v) is 6.13. The van der Waals surface area contributed by atoms with Gasteiger partial charge in [0.05, 0.1) is 10.2 Å². The summed E-state index contributed by atoms with van der Waals surface area (Å²) in [7, 11) is 0. The molecule has 2 aromatic carbocycles. The van der Waals surface area contributed by atoms with Gasteiger partial charge in [0, 0.05) is 12.0 Å². The van der Waals surface area contributed by atoms with Crippen molar-refractivity contribution in [1.82, 2.24) is 4.98 Å². The molecule has 0 radical (unpaired) electrons. The Morgan fingerprint density at radius 1 is 1.09 bits per heavy atom. The number of fused-ring (bicyclic) bond motifs is 2. The molecule has 0 aliphatic heterocycles. The number of hydrazone groups is 1. The van der Waals surface area contributed by atoms with Crippen LogP contribution in [0, 0.1) is 0 Å². The molecular weight excluding hydrogens is 304 g/mol. The van der Waals surface area contributed by atoms with E-state index >= 15 is 0 Å². The minimum absolute atomic E-state index is 0.220. The van der Waals surface area contributed by atoms with Gasteiger partial charge in [0.15, 0.2) is 0 Å². The first-order valence-corrected chi connectivity index (χ1v) is 7.61. The van der Waals surface area contributed by atoms with Crippen LogP contribution in [0.1, 0.15) is 11.1 Å². The van der Waals surface area contributed by atoms with Crippen molar-refractivity contribution in [3.63, 3.8) is 0 Å². The number of halogens is 2. The fraction of sp³-hybridized carbons (Fsp3) is 0.125. The van der Waals surface area contributed by atoms with Gasteiger partial charge in [0.25, 0.3) is 5.92 Å². The molecule has 1 aliphatic carbocycles. The summed E-state index contributed by atoms with van der Waals surface area (Å²) in [5, 5.41) is 4.46. The number of aromatic nitrogens is 1. The Kier molecular flexibility index (Phi) is 2.94. The SMILES string of the molecule is FC1(F)Cc2ccccc2/C1=N/Nc1nc2ccccc2s1. The first-order valence-electron chi connectivity index (χ1n) is 6.79. The van der Waals surface area contributed by atoms with E-state index in [2.05, 4.69) is 15.5 Å². The molecule has 0 saturated heterocycles. The first-order chi connectivity index (χ1) is 10.6. The zero-order valence-corrected chi connectivity index (χ0v) is 12.2. The lowest BCUT2D eigenvalue weighted by atomic mass is 10.1. The van der Waals surface area contributed by atoms with Crippen LogP contribution in [0.5, 0.6) is 0 Å². The Morgan fingerprint density at radius 2 is 1.86 bits per heavy atom. The maximum absolute atomic E-state index is 14.1. The summed E-state index contributed by atoms with van der Waals surface area (Å²) in [5.41, 5.74) is 4.42. The standard InChI is InChI=1S/C16H11F2N3S/c17-16(18)9-10-5-1-2-6-11(10)14(16)20-21-15-19-12-7-3-4-8-13(12)22-15/h1-8H,9H2,(H,19,21)/b20-14-. The number of para-hydroxylation sites is 1. The molecule has 0 spiro atoms. The van der Waals surface area contributed by atoms with Crippen molar-refractivity contribution in [2.24, 2.45) is 5.10 Å². The van der Waals surface area contributed by atoms with Gasteiger partial charge in [-0.15, -0.1) is 0 Å². The van der Waals surface area contributed by atoms with Crippen LogP contribution >= 0.6 is 11.3 Å². The third kappa shape index (κ3) is 2.16. The summed E-state index contributed by atoms with van der Waals surface area (Å²) in [6.07, 6.45) is -0.302. The minimum atomic E-state index is -2.95. The van der Waals surface area contributed by atoms with Crippen LogP contribution in [0.3, 0.4) is 0 Å². The average molecular weight is 315 g/mol. The lowest BCUT2D eigenvalue weighted by Crippen LogP contribution is -2.26. The Morgan fingerprint density at radius 3 is 2.73 bits per heavy atom. The summed E-state index contributed by atoms with van der Waals surface area (Å²) in [6, 6.07) is 14.5. The zero-order chi connectivity index (χ0) is 15.2. The van der Waals surface area contributed by atoms with Crippen molar-refractivity contribution in [1.29, 1.82) is 0 Å². The van der Waals surface area contributed by atoms with Gasteiger partial charge in [-0.3, -0.25) is 5.43 Å². The van der Waals surface area contributed by atoms with E-state index in [0.29, 0.717) is 16.3 Å². The first kappa shape index (κ1) is 13.3. The third-order valence-corrected chi connectivity index (χ3v) is 4.53. The number of alkyl halides is 2. The predicted octanol–water partition coefficient (Wildman–Crippen LogP) is 4.30. The molecule has 0 saturated carbocycles. The maximum Gasteiger partial charge on any atom is 0.296 e. The van der Waals surface area contributed by atoms with E-state index in [1.807, 2.05) is 24.3 Å². The number of thiazole rings is 1. The maximum atomic E-state index is 14.1. The van der Waals surface area contributed by atoms with Gasteiger partial charge in [-0.2, -0.15) is 13.9 Å². The molecule has 0 atom stereocenters. The van der Waals surface area contributed by atoms with Gasteiger partial charge in [-0.05, 0) is 17.7 Å². The second kappa shape index (κ2) is 4.84. The highest BCUT2D eigenvalue weighted by atomic mass is 32.1. The van der Waals surface area contributed by atoms with Crippen LogP contribution in [0.15, 0.2) is 53.6 Å². The lowest BCUT2D eigenvalue weighted by Gasteiger charge is -2.09. The van der Waals surface area contributed by atoms with Crippen LogP contribution in [0.25, 0.3) is 10.2 Å². The van der Waals surface area contributed by atoms with E-state index in [4.69, 9.17) is 0 Å². The molecule has 6 heteroatoms. The predicted molar refractivity (Wildman–Crippen MR) is 84.9 cm³/mol. The number of nitrogens with zero attached hydrogens (tertiary/aromatic N) is 2. The van der Waals surface area contributed by atoms with Gasteiger partial charge in [-0.25, -0.2) is 4.98 Å². The quantitative estimate of drug-likeness (QED) is 0.716. The summed E-state index contributed by atoms with van der Waals surface area (Å²) in [6.45, 7) is 0. The lowest BCUT2D eigenvalue weighted by molar-refractivity contribution is 0.0849. The molecule has 22 heavy (non-hydrogen) atoms. The summed E-state index contributed by atoms with van der Waals surface area (Å²) >= 11 is 1.39. The Hall–Kier alpha value is -2.34. The van der Waals surface area contributed by atoms with Crippen molar-refractivity contribution < 1.29 is 8.78 Å². The molecule has 0 amide bonds. The van der Waals surface area contributed by atoms with Crippen LogP contribution < -0.4 is 5.43 Å². The minimum Gasteiger partial charge on any atom is -0.252 e. The molecule has 0 unspecified atom stereocenters. The van der Waals surface area contributed by atoms with Crippen molar-refractivity contribution in [3.8, 4) is 0 Å². The third-order valence-electron chi connectivity index (χ3n) is 3.59. The fourth-order valence-electron chi connectivity index (χ4n) is 2.59. The molecule has 1 N–H and O–H groups in total. The zero-order valence-electron chi connectivity index (χ0n) is 11.4. The second-order valence-electron chi connectivity index (χ2n) is 5.10. The van der Waals surface area contributed by atoms with Gasteiger partial charge < -0.3 is 0 Å². The van der Waals surface area contributed by atoms with Gasteiger partial charge in [-0.1, -0.05) is 47.7 Å². The Balaban J connectivity index is 1.70. The molecule has 3 nitrogen and oxygen atoms in total. The number of hydrogen-bond acceptors (Lipinski definition) is 4. The van der Waals surface area contributed by atoms with E-state index in [9.17, 15) is 8.78 Å². The summed E-state index contributed by atoms with van der Waals surface area (Å²) in [4.78, 5) is 4.33. The molecule has 1 heterocycles. The smallest absolute Gasteiger partial charge is 0.252 e. The number of nitrogens with one attached hydrogen (secondary N) is 1. The van der Waals surface area contributed by atoms with Crippen LogP contribution in [-0.2, 0) is 6.42 Å². The molecular formula is C16H11F2N3S. The fourth-order valence-corrected chi connectivity index (χ4v) is 3.40. The van der Waals surface area contributed by atoms with Crippen LogP contribution in [-0.4, -0.2) is 16.6 Å². The topological polar surface area (TPSA) is 37.3 Å². The van der Waals surface area contributed by atoms with E-state index in [1.54, 1.807) is 24.3 Å². The Bertz CT molecular complexity index is 853. The Labute approximate surface area is 129 Å². The van der Waals surface area contributed by atoms with Gasteiger partial charge >= 0.3 is 0 Å². The molecule has 4 rings (SSSR count). The molecule has 1 aliphatic rings. The number of rotatable bonds is 2. The molecule has 1 aromatic heterocycles. The largest absolute Gasteiger partial charge is 0.296 e. The van der Waals surface area contributed by atoms with E-state index < -0.39 is 5.92 Å². The number of anilines is 1. The molecule has 0 fully saturated rings. The average Bonchev–Trinajstić information content (AvgIpc) is 3.01. The van der Waals surface area contributed by atoms with E-state index in [1.165, 1.54) is 11.3 Å². The van der Waals surface area contributed by atoms with Crippen molar-refractivity contribution >= 4 is 32.4 Å². The molecule has 3 aromatic rings. The summed E-state index contributed by atoms with van der Waals surface area (Å²) < 4.78 is 29.2. The highest BCUT2D eigenvalue weighted by Crippen LogP contribution is 2.35.